The molecule has 5 nitrogen and oxygen atoms in total. The zero-order valence-electron chi connectivity index (χ0n) is 27.4. The number of hydrogen-bond donors (Lipinski definition) is 3. The van der Waals surface area contributed by atoms with Crippen LogP contribution in [0.1, 0.15) is 57.8 Å². The van der Waals surface area contributed by atoms with Crippen LogP contribution in [-0.4, -0.2) is 22.5 Å². The zero-order valence-corrected chi connectivity index (χ0v) is 28.2. The van der Waals surface area contributed by atoms with Crippen LogP contribution < -0.4 is 21.1 Å². The van der Waals surface area contributed by atoms with Gasteiger partial charge in [-0.15, -0.1) is 0 Å². The number of rotatable bonds is 6. The van der Waals surface area contributed by atoms with Crippen molar-refractivity contribution in [2.75, 3.05) is 17.2 Å². The molecule has 8 rings (SSSR count). The molecule has 0 fully saturated rings. The van der Waals surface area contributed by atoms with Crippen LogP contribution in [0.5, 0.6) is 0 Å². The van der Waals surface area contributed by atoms with E-state index in [-0.39, 0.29) is 18.3 Å². The summed E-state index contributed by atoms with van der Waals surface area (Å²) in [6.07, 6.45) is 15.1. The van der Waals surface area contributed by atoms with Crippen molar-refractivity contribution in [3.8, 4) is 0 Å². The predicted octanol–water partition coefficient (Wildman–Crippen LogP) is 8.34. The zero-order chi connectivity index (χ0) is 33.7. The van der Waals surface area contributed by atoms with Crippen molar-refractivity contribution in [1.82, 2.24) is 4.98 Å². The number of hydrogen-bond acceptors (Lipinski definition) is 5. The molecule has 244 valence electrons. The molecule has 2 heterocycles. The maximum Gasteiger partial charge on any atom is 0.191 e. The Morgan fingerprint density at radius 2 is 1.76 bits per heavy atom. The summed E-state index contributed by atoms with van der Waals surface area (Å²) >= 11 is 6.56. The summed E-state index contributed by atoms with van der Waals surface area (Å²) in [6.45, 7) is 2.14. The van der Waals surface area contributed by atoms with Crippen LogP contribution in [0.25, 0.3) is 17.7 Å². The number of aliphatic hydroxyl groups excluding tert-OH is 1. The molecule has 4 aromatic carbocycles. The van der Waals surface area contributed by atoms with Crippen LogP contribution >= 0.6 is 11.6 Å². The predicted molar refractivity (Wildman–Crippen MR) is 201 cm³/mol. The number of aliphatic hydroxyl groups is 1. The Hall–Kier alpha value is -5.23. The second kappa shape index (κ2) is 14.5. The minimum Gasteiger partial charge on any atom is -0.396 e. The van der Waals surface area contributed by atoms with Gasteiger partial charge in [0.1, 0.15) is 5.82 Å². The molecule has 5 aromatic rings. The minimum atomic E-state index is 0.0304. The lowest BCUT2D eigenvalue weighted by Gasteiger charge is -2.25. The number of nitrogens with zero attached hydrogens (tertiary/aromatic N) is 1. The monoisotopic (exact) mass is 663 g/mol. The number of ketones is 1. The number of benzene rings is 4. The molecule has 1 unspecified atom stereocenters. The third-order valence-electron chi connectivity index (χ3n) is 9.45. The summed E-state index contributed by atoms with van der Waals surface area (Å²) in [5.74, 6) is 0.793. The highest BCUT2D eigenvalue weighted by atomic mass is 35.5. The molecular formula is C43H38ClN3O2. The highest BCUT2D eigenvalue weighted by molar-refractivity contribution is 6.30. The van der Waals surface area contributed by atoms with Gasteiger partial charge in [0.25, 0.3) is 0 Å². The van der Waals surface area contributed by atoms with Gasteiger partial charge in [-0.2, -0.15) is 0 Å². The molecule has 0 bridgehead atoms. The van der Waals surface area contributed by atoms with E-state index in [9.17, 15) is 9.90 Å². The Balaban J connectivity index is 0.000000290. The number of carbonyl (C=O) groups is 1. The molecule has 3 aliphatic rings. The number of para-hydroxylation sites is 2. The normalized spacial score (nSPS) is 15.2. The highest BCUT2D eigenvalue weighted by Gasteiger charge is 2.25. The van der Waals surface area contributed by atoms with E-state index in [1.54, 1.807) is 6.20 Å². The van der Waals surface area contributed by atoms with Crippen molar-refractivity contribution < 1.29 is 9.90 Å². The molecule has 2 aliphatic carbocycles. The molecule has 0 saturated heterocycles. The smallest absolute Gasteiger partial charge is 0.191 e. The van der Waals surface area contributed by atoms with Crippen LogP contribution in [0.4, 0.5) is 17.2 Å². The SMILES string of the molecule is C1=CNc2ccccc2C=C1.Cc1ccccc1Nc1ccc(C(=O)C2=c3ccc4c(c3CCC2)C(CCO)C=c2c(Cl)cccc2=4)cn1. The fraction of sp³-hybridized carbons (Fsp3) is 0.163. The number of pyridine rings is 1. The first-order valence-corrected chi connectivity index (χ1v) is 17.2. The van der Waals surface area contributed by atoms with E-state index >= 15 is 0 Å². The molecule has 1 atom stereocenters. The Morgan fingerprint density at radius 3 is 2.59 bits per heavy atom. The standard InChI is InChI=1S/C33H29ClN2O2.C10H9N/c1-20-6-2-3-11-30(20)36-31-15-12-22(19-35-31)33(38)27-9-4-8-25-24(27)13-14-26-23-7-5-10-29(34)28(23)18-21(16-17-37)32(25)26;1-2-7-10-9(5-1)6-3-4-8-11-10/h2-3,5-7,10-15,18-19,21,37H,4,8-9,16-17H2,1H3,(H,35,36);1-8,11H. The van der Waals surface area contributed by atoms with E-state index < -0.39 is 0 Å². The lowest BCUT2D eigenvalue weighted by atomic mass is 9.79. The van der Waals surface area contributed by atoms with Crippen molar-refractivity contribution in [1.29, 1.82) is 0 Å². The first kappa shape index (κ1) is 32.3. The summed E-state index contributed by atoms with van der Waals surface area (Å²) in [5, 5.41) is 21.4. The van der Waals surface area contributed by atoms with Crippen LogP contribution in [0.2, 0.25) is 5.02 Å². The average Bonchev–Trinajstić information content (AvgIpc) is 3.39. The molecule has 49 heavy (non-hydrogen) atoms. The summed E-state index contributed by atoms with van der Waals surface area (Å²) in [4.78, 5) is 18.3. The lowest BCUT2D eigenvalue weighted by molar-refractivity contribution is 0.105. The van der Waals surface area contributed by atoms with E-state index in [1.807, 2.05) is 85.9 Å². The Morgan fingerprint density at radius 1 is 0.918 bits per heavy atom. The Bertz CT molecular complexity index is 2330. The Labute approximate surface area is 291 Å². The largest absolute Gasteiger partial charge is 0.396 e. The van der Waals surface area contributed by atoms with E-state index in [2.05, 4.69) is 58.1 Å². The van der Waals surface area contributed by atoms with Gasteiger partial charge in [0.15, 0.2) is 5.78 Å². The molecule has 0 amide bonds. The van der Waals surface area contributed by atoms with Gasteiger partial charge in [0.05, 0.1) is 0 Å². The van der Waals surface area contributed by atoms with Gasteiger partial charge >= 0.3 is 0 Å². The maximum absolute atomic E-state index is 13.7. The van der Waals surface area contributed by atoms with E-state index in [0.717, 1.165) is 67.7 Å². The molecule has 0 spiro atoms. The van der Waals surface area contributed by atoms with Crippen molar-refractivity contribution >= 4 is 52.3 Å². The Kier molecular flexibility index (Phi) is 9.56. The topological polar surface area (TPSA) is 74.2 Å². The van der Waals surface area contributed by atoms with Crippen LogP contribution in [0.3, 0.4) is 0 Å². The third-order valence-corrected chi connectivity index (χ3v) is 9.78. The van der Waals surface area contributed by atoms with Crippen molar-refractivity contribution in [3.63, 3.8) is 0 Å². The first-order valence-electron chi connectivity index (χ1n) is 16.8. The van der Waals surface area contributed by atoms with Gasteiger partial charge in [0, 0.05) is 52.5 Å². The summed E-state index contributed by atoms with van der Waals surface area (Å²) in [7, 11) is 0. The number of carbonyl (C=O) groups excluding carboxylic acids is 1. The third kappa shape index (κ3) is 6.73. The number of Topliss-reactive ketones (excluding diaryl/α,β-unsaturated/α-hetero) is 1. The quantitative estimate of drug-likeness (QED) is 0.159. The summed E-state index contributed by atoms with van der Waals surface area (Å²) in [6, 6.07) is 30.2. The average molecular weight is 664 g/mol. The van der Waals surface area contributed by atoms with Gasteiger partial charge in [-0.25, -0.2) is 4.98 Å². The van der Waals surface area contributed by atoms with Gasteiger partial charge in [-0.1, -0.05) is 90.5 Å². The lowest BCUT2D eigenvalue weighted by Crippen LogP contribution is -2.27. The van der Waals surface area contributed by atoms with Gasteiger partial charge in [-0.05, 0) is 112 Å². The minimum absolute atomic E-state index is 0.0304. The van der Waals surface area contributed by atoms with E-state index in [4.69, 9.17) is 11.6 Å². The summed E-state index contributed by atoms with van der Waals surface area (Å²) in [5.41, 5.74) is 8.42. The molecule has 1 aromatic heterocycles. The second-order valence-electron chi connectivity index (χ2n) is 12.5. The van der Waals surface area contributed by atoms with Gasteiger partial charge in [-0.3, -0.25) is 4.79 Å². The first-order chi connectivity index (χ1) is 24.0. The van der Waals surface area contributed by atoms with Crippen LogP contribution in [0.15, 0.2) is 116 Å². The highest BCUT2D eigenvalue weighted by Crippen LogP contribution is 2.31. The van der Waals surface area contributed by atoms with Crippen molar-refractivity contribution in [3.05, 3.63) is 169 Å². The number of halogens is 1. The molecule has 6 heteroatoms. The van der Waals surface area contributed by atoms with E-state index in [0.29, 0.717) is 17.8 Å². The second-order valence-corrected chi connectivity index (χ2v) is 12.9. The fourth-order valence-corrected chi connectivity index (χ4v) is 7.27. The molecule has 0 saturated carbocycles. The number of anilines is 3. The molecular weight excluding hydrogens is 626 g/mol. The molecule has 1 aliphatic heterocycles. The van der Waals surface area contributed by atoms with Gasteiger partial charge in [0.2, 0.25) is 0 Å². The molecule has 3 N–H and O–H groups in total. The number of fused-ring (bicyclic) bond motifs is 5. The number of aromatic nitrogens is 1. The maximum atomic E-state index is 13.7. The van der Waals surface area contributed by atoms with Crippen molar-refractivity contribution in [2.45, 2.75) is 38.5 Å². The van der Waals surface area contributed by atoms with Crippen molar-refractivity contribution in [2.24, 2.45) is 0 Å². The number of aryl methyl sites for hydroxylation is 1. The molecule has 0 radical (unpaired) electrons. The fourth-order valence-electron chi connectivity index (χ4n) is 7.03. The van der Waals surface area contributed by atoms with Crippen LogP contribution in [0, 0.1) is 17.4 Å². The number of nitrogens with one attached hydrogen (secondary N) is 2. The number of allylic oxidation sites excluding steroid dienone is 2. The van der Waals surface area contributed by atoms with Crippen LogP contribution in [-0.2, 0) is 6.42 Å². The van der Waals surface area contributed by atoms with E-state index in [1.165, 1.54) is 16.7 Å². The summed E-state index contributed by atoms with van der Waals surface area (Å²) < 4.78 is 0. The van der Waals surface area contributed by atoms with Gasteiger partial charge < -0.3 is 15.7 Å².